The number of amides is 2. The fourth-order valence-corrected chi connectivity index (χ4v) is 2.02. The topological polar surface area (TPSA) is 93.7 Å². The van der Waals surface area contributed by atoms with Crippen LogP contribution in [0.3, 0.4) is 0 Å². The Labute approximate surface area is 128 Å². The predicted octanol–water partition coefficient (Wildman–Crippen LogP) is 0.844. The van der Waals surface area contributed by atoms with Gasteiger partial charge in [-0.25, -0.2) is 4.79 Å². The number of methoxy groups -OCH3 is 1. The standard InChI is InChI=1S/C15H18N2O5/c1-9(22-15(20)12-7-8-13(18)17-12)14(19)16-10-3-5-11(21-2)6-4-10/h3-6,9,12H,7-8H2,1-2H3,(H,16,19)(H,17,18)/t9-,12-/m1/s1. The Bertz CT molecular complexity index is 570. The Kier molecular flexibility index (Phi) is 4.98. The number of carbonyl (C=O) groups excluding carboxylic acids is 3. The van der Waals surface area contributed by atoms with Crippen molar-refractivity contribution >= 4 is 23.5 Å². The summed E-state index contributed by atoms with van der Waals surface area (Å²) in [5.41, 5.74) is 0.572. The van der Waals surface area contributed by atoms with Crippen molar-refractivity contribution in [1.82, 2.24) is 5.32 Å². The summed E-state index contributed by atoms with van der Waals surface area (Å²) in [5.74, 6) is -0.544. The van der Waals surface area contributed by atoms with Crippen LogP contribution in [0.25, 0.3) is 0 Å². The molecular weight excluding hydrogens is 288 g/mol. The van der Waals surface area contributed by atoms with Gasteiger partial charge in [-0.3, -0.25) is 9.59 Å². The molecule has 1 fully saturated rings. The van der Waals surface area contributed by atoms with Crippen molar-refractivity contribution in [2.75, 3.05) is 12.4 Å². The van der Waals surface area contributed by atoms with Gasteiger partial charge in [-0.15, -0.1) is 0 Å². The summed E-state index contributed by atoms with van der Waals surface area (Å²) in [6.45, 7) is 1.48. The van der Waals surface area contributed by atoms with E-state index in [9.17, 15) is 14.4 Å². The molecule has 22 heavy (non-hydrogen) atoms. The van der Waals surface area contributed by atoms with Crippen LogP contribution in [0, 0.1) is 0 Å². The third-order valence-electron chi connectivity index (χ3n) is 3.30. The zero-order chi connectivity index (χ0) is 16.1. The van der Waals surface area contributed by atoms with E-state index in [4.69, 9.17) is 9.47 Å². The third-order valence-corrected chi connectivity index (χ3v) is 3.30. The second kappa shape index (κ2) is 6.93. The number of carbonyl (C=O) groups is 3. The fraction of sp³-hybridized carbons (Fsp3) is 0.400. The predicted molar refractivity (Wildman–Crippen MR) is 78.3 cm³/mol. The Morgan fingerprint density at radius 3 is 2.55 bits per heavy atom. The molecule has 0 saturated carbocycles. The van der Waals surface area contributed by atoms with Crippen LogP contribution < -0.4 is 15.4 Å². The summed E-state index contributed by atoms with van der Waals surface area (Å²) in [4.78, 5) is 34.8. The minimum absolute atomic E-state index is 0.183. The largest absolute Gasteiger partial charge is 0.497 e. The molecular formula is C15H18N2O5. The summed E-state index contributed by atoms with van der Waals surface area (Å²) in [6.07, 6.45) is -0.261. The number of hydrogen-bond donors (Lipinski definition) is 2. The van der Waals surface area contributed by atoms with Gasteiger partial charge in [0, 0.05) is 12.1 Å². The lowest BCUT2D eigenvalue weighted by atomic mass is 10.2. The van der Waals surface area contributed by atoms with E-state index in [-0.39, 0.29) is 5.91 Å². The van der Waals surface area contributed by atoms with Crippen LogP contribution in [-0.4, -0.2) is 37.0 Å². The summed E-state index contributed by atoms with van der Waals surface area (Å²) in [7, 11) is 1.55. The molecule has 118 valence electrons. The van der Waals surface area contributed by atoms with E-state index in [1.165, 1.54) is 6.92 Å². The van der Waals surface area contributed by atoms with Crippen LogP contribution in [-0.2, 0) is 19.1 Å². The van der Waals surface area contributed by atoms with Crippen LogP contribution in [0.1, 0.15) is 19.8 Å². The molecule has 7 heteroatoms. The lowest BCUT2D eigenvalue weighted by Gasteiger charge is -2.16. The molecule has 0 unspecified atom stereocenters. The lowest BCUT2D eigenvalue weighted by Crippen LogP contribution is -2.39. The molecule has 1 aromatic rings. The number of rotatable bonds is 5. The summed E-state index contributed by atoms with van der Waals surface area (Å²) in [5, 5.41) is 5.14. The van der Waals surface area contributed by atoms with Crippen molar-refractivity contribution in [1.29, 1.82) is 0 Å². The molecule has 1 heterocycles. The van der Waals surface area contributed by atoms with Crippen molar-refractivity contribution in [3.05, 3.63) is 24.3 Å². The minimum Gasteiger partial charge on any atom is -0.497 e. The SMILES string of the molecule is COc1ccc(NC(=O)[C@@H](C)OC(=O)[C@H]2CCC(=O)N2)cc1. The Hall–Kier alpha value is -2.57. The quantitative estimate of drug-likeness (QED) is 0.786. The molecule has 0 spiro atoms. The number of esters is 1. The van der Waals surface area contributed by atoms with Gasteiger partial charge in [0.25, 0.3) is 5.91 Å². The highest BCUT2D eigenvalue weighted by Crippen LogP contribution is 2.16. The van der Waals surface area contributed by atoms with E-state index < -0.39 is 24.0 Å². The lowest BCUT2D eigenvalue weighted by molar-refractivity contribution is -0.155. The molecule has 0 aliphatic carbocycles. The first kappa shape index (κ1) is 15.8. The zero-order valence-corrected chi connectivity index (χ0v) is 12.4. The van der Waals surface area contributed by atoms with Crippen LogP contribution in [0.15, 0.2) is 24.3 Å². The van der Waals surface area contributed by atoms with Crippen molar-refractivity contribution in [3.8, 4) is 5.75 Å². The molecule has 1 aliphatic heterocycles. The highest BCUT2D eigenvalue weighted by atomic mass is 16.5. The Balaban J connectivity index is 1.85. The molecule has 0 bridgehead atoms. The first-order chi connectivity index (χ1) is 10.5. The third kappa shape index (κ3) is 3.97. The van der Waals surface area contributed by atoms with E-state index in [2.05, 4.69) is 10.6 Å². The molecule has 2 amide bonds. The second-order valence-corrected chi connectivity index (χ2v) is 4.96. The molecule has 2 N–H and O–H groups in total. The first-order valence-electron chi connectivity index (χ1n) is 6.94. The molecule has 2 rings (SSSR count). The molecule has 1 aliphatic rings. The normalized spacial score (nSPS) is 18.3. The van der Waals surface area contributed by atoms with Gasteiger partial charge in [-0.2, -0.15) is 0 Å². The van der Waals surface area contributed by atoms with Crippen LogP contribution >= 0.6 is 0 Å². The van der Waals surface area contributed by atoms with Gasteiger partial charge in [0.15, 0.2) is 6.10 Å². The van der Waals surface area contributed by atoms with E-state index >= 15 is 0 Å². The maximum absolute atomic E-state index is 12.0. The monoisotopic (exact) mass is 306 g/mol. The fourth-order valence-electron chi connectivity index (χ4n) is 2.02. The van der Waals surface area contributed by atoms with Crippen molar-refractivity contribution in [2.24, 2.45) is 0 Å². The maximum atomic E-state index is 12.0. The summed E-state index contributed by atoms with van der Waals surface area (Å²) < 4.78 is 10.1. The second-order valence-electron chi connectivity index (χ2n) is 4.96. The Morgan fingerprint density at radius 1 is 1.32 bits per heavy atom. The van der Waals surface area contributed by atoms with Crippen LogP contribution in [0.2, 0.25) is 0 Å². The smallest absolute Gasteiger partial charge is 0.329 e. The molecule has 1 aromatic carbocycles. The van der Waals surface area contributed by atoms with E-state index in [0.29, 0.717) is 24.3 Å². The average molecular weight is 306 g/mol. The molecule has 7 nitrogen and oxygen atoms in total. The number of anilines is 1. The summed E-state index contributed by atoms with van der Waals surface area (Å²) >= 11 is 0. The van der Waals surface area contributed by atoms with Gasteiger partial charge in [0.1, 0.15) is 11.8 Å². The number of benzene rings is 1. The van der Waals surface area contributed by atoms with Gasteiger partial charge in [0.05, 0.1) is 7.11 Å². The Morgan fingerprint density at radius 2 is 2.00 bits per heavy atom. The van der Waals surface area contributed by atoms with Gasteiger partial charge in [-0.05, 0) is 37.6 Å². The number of hydrogen-bond acceptors (Lipinski definition) is 5. The van der Waals surface area contributed by atoms with E-state index in [1.807, 2.05) is 0 Å². The van der Waals surface area contributed by atoms with E-state index in [1.54, 1.807) is 31.4 Å². The highest BCUT2D eigenvalue weighted by molar-refractivity contribution is 5.96. The van der Waals surface area contributed by atoms with Crippen LogP contribution in [0.4, 0.5) is 5.69 Å². The van der Waals surface area contributed by atoms with Gasteiger partial charge >= 0.3 is 5.97 Å². The minimum atomic E-state index is -0.952. The van der Waals surface area contributed by atoms with E-state index in [0.717, 1.165) is 0 Å². The van der Waals surface area contributed by atoms with Crippen molar-refractivity contribution in [2.45, 2.75) is 31.9 Å². The molecule has 0 radical (unpaired) electrons. The number of nitrogens with one attached hydrogen (secondary N) is 2. The summed E-state index contributed by atoms with van der Waals surface area (Å²) in [6, 6.07) is 6.12. The van der Waals surface area contributed by atoms with Gasteiger partial charge in [-0.1, -0.05) is 0 Å². The highest BCUT2D eigenvalue weighted by Gasteiger charge is 2.30. The van der Waals surface area contributed by atoms with Crippen LogP contribution in [0.5, 0.6) is 5.75 Å². The van der Waals surface area contributed by atoms with Gasteiger partial charge < -0.3 is 20.1 Å². The average Bonchev–Trinajstić information content (AvgIpc) is 2.94. The van der Waals surface area contributed by atoms with Crippen molar-refractivity contribution < 1.29 is 23.9 Å². The molecule has 1 saturated heterocycles. The molecule has 0 aromatic heterocycles. The molecule has 2 atom stereocenters. The zero-order valence-electron chi connectivity index (χ0n) is 12.4. The maximum Gasteiger partial charge on any atom is 0.329 e. The first-order valence-corrected chi connectivity index (χ1v) is 6.94. The number of ether oxygens (including phenoxy) is 2. The van der Waals surface area contributed by atoms with Gasteiger partial charge in [0.2, 0.25) is 5.91 Å². The van der Waals surface area contributed by atoms with Crippen molar-refractivity contribution in [3.63, 3.8) is 0 Å².